The van der Waals surface area contributed by atoms with E-state index in [9.17, 15) is 18.8 Å². The maximum Gasteiger partial charge on any atom is 0.409 e. The predicted molar refractivity (Wildman–Crippen MR) is 133 cm³/mol. The molecule has 198 valence electrons. The van der Waals surface area contributed by atoms with Crippen LogP contribution in [-0.2, 0) is 16.0 Å². The van der Waals surface area contributed by atoms with Crippen LogP contribution in [0.2, 0.25) is 0 Å². The fraction of sp³-hybridized carbons (Fsp3) is 0.231. The molecule has 0 bridgehead atoms. The summed E-state index contributed by atoms with van der Waals surface area (Å²) in [6, 6.07) is 7.98. The summed E-state index contributed by atoms with van der Waals surface area (Å²) < 4.78 is 30.5. The summed E-state index contributed by atoms with van der Waals surface area (Å²) >= 11 is 0. The highest BCUT2D eigenvalue weighted by Gasteiger charge is 2.36. The minimum atomic E-state index is -0.590. The van der Waals surface area contributed by atoms with Crippen molar-refractivity contribution in [3.63, 3.8) is 0 Å². The van der Waals surface area contributed by atoms with Crippen molar-refractivity contribution >= 4 is 29.3 Å². The fourth-order valence-electron chi connectivity index (χ4n) is 4.45. The first-order valence-electron chi connectivity index (χ1n) is 12.0. The molecule has 39 heavy (non-hydrogen) atoms. The molecule has 0 unspecified atom stereocenters. The lowest BCUT2D eigenvalue weighted by Gasteiger charge is -2.35. The molecule has 4 heterocycles. The van der Waals surface area contributed by atoms with E-state index in [1.165, 1.54) is 30.3 Å². The maximum absolute atomic E-state index is 14.8. The second-order valence-electron chi connectivity index (χ2n) is 9.26. The van der Waals surface area contributed by atoms with Crippen LogP contribution in [0.25, 0.3) is 22.8 Å². The number of hydrogen-bond donors (Lipinski definition) is 2. The molecule has 2 aromatic heterocycles. The topological polar surface area (TPSA) is 153 Å². The molecule has 1 saturated heterocycles. The van der Waals surface area contributed by atoms with Gasteiger partial charge in [0.15, 0.2) is 0 Å². The Morgan fingerprint density at radius 2 is 2.05 bits per heavy atom. The molecule has 4 aromatic rings. The van der Waals surface area contributed by atoms with Crippen molar-refractivity contribution in [2.45, 2.75) is 19.3 Å². The fourth-order valence-corrected chi connectivity index (χ4v) is 4.45. The number of nitrogens with one attached hydrogen (secondary N) is 2. The molecule has 1 fully saturated rings. The highest BCUT2D eigenvalue weighted by atomic mass is 19.1. The minimum Gasteiger partial charge on any atom is -0.453 e. The summed E-state index contributed by atoms with van der Waals surface area (Å²) in [5, 5.41) is 9.36. The zero-order valence-corrected chi connectivity index (χ0v) is 20.8. The van der Waals surface area contributed by atoms with E-state index in [0.717, 1.165) is 5.56 Å². The van der Waals surface area contributed by atoms with Crippen LogP contribution in [0.3, 0.4) is 0 Å². The van der Waals surface area contributed by atoms with E-state index in [0.29, 0.717) is 42.0 Å². The van der Waals surface area contributed by atoms with E-state index in [2.05, 4.69) is 30.5 Å². The number of carbonyl (C=O) groups excluding carboxylic acids is 3. The Morgan fingerprint density at radius 1 is 1.23 bits per heavy atom. The lowest BCUT2D eigenvalue weighted by atomic mass is 10.0. The van der Waals surface area contributed by atoms with E-state index in [1.54, 1.807) is 25.1 Å². The van der Waals surface area contributed by atoms with Crippen molar-refractivity contribution in [2.24, 2.45) is 0 Å². The van der Waals surface area contributed by atoms with Crippen molar-refractivity contribution in [3.05, 3.63) is 65.1 Å². The Bertz CT molecular complexity index is 1640. The van der Waals surface area contributed by atoms with E-state index in [-0.39, 0.29) is 40.8 Å². The monoisotopic (exact) mass is 532 g/mol. The Balaban J connectivity index is 1.18. The van der Waals surface area contributed by atoms with Gasteiger partial charge in [-0.15, -0.1) is 0 Å². The van der Waals surface area contributed by atoms with Gasteiger partial charge in [-0.2, -0.15) is 4.98 Å². The van der Waals surface area contributed by atoms with Crippen LogP contribution in [-0.4, -0.2) is 58.1 Å². The lowest BCUT2D eigenvalue weighted by Crippen LogP contribution is -2.48. The van der Waals surface area contributed by atoms with E-state index >= 15 is 0 Å². The molecule has 0 saturated carbocycles. The van der Waals surface area contributed by atoms with Crippen molar-refractivity contribution in [1.82, 2.24) is 20.0 Å². The van der Waals surface area contributed by atoms with Gasteiger partial charge in [-0.25, -0.2) is 14.2 Å². The Hall–Kier alpha value is -5.07. The van der Waals surface area contributed by atoms with Gasteiger partial charge in [-0.1, -0.05) is 11.2 Å². The van der Waals surface area contributed by atoms with E-state index in [1.807, 2.05) is 0 Å². The van der Waals surface area contributed by atoms with Crippen LogP contribution in [0, 0.1) is 12.7 Å². The zero-order chi connectivity index (χ0) is 27.3. The van der Waals surface area contributed by atoms with Gasteiger partial charge in [0.1, 0.15) is 5.82 Å². The van der Waals surface area contributed by atoms with Gasteiger partial charge in [0.25, 0.3) is 5.91 Å². The number of rotatable bonds is 5. The molecule has 12 nitrogen and oxygen atoms in total. The van der Waals surface area contributed by atoms with Gasteiger partial charge >= 0.3 is 6.09 Å². The standard InChI is InChI=1S/C26H21FN6O6/c1-12-5-17(27)16(22-31-25(39-32-22)15-10-33(11-15)26(36)37-2)8-18(12)30-23(35)20-9-28-24(38-20)14-4-3-13-7-21(34)29-19(13)6-14/h3-6,8-9,15H,7,10-11H2,1-2H3,(H,29,34)(H,30,35). The number of carbonyl (C=O) groups is 3. The summed E-state index contributed by atoms with van der Waals surface area (Å²) in [5.74, 6) is -1.00. The summed E-state index contributed by atoms with van der Waals surface area (Å²) in [5.41, 5.74) is 2.98. The molecule has 2 aromatic carbocycles. The Kier molecular flexibility index (Phi) is 5.82. The number of methoxy groups -OCH3 is 1. The van der Waals surface area contributed by atoms with E-state index in [4.69, 9.17) is 8.94 Å². The number of nitrogens with zero attached hydrogens (tertiary/aromatic N) is 4. The van der Waals surface area contributed by atoms with Gasteiger partial charge in [0, 0.05) is 30.0 Å². The molecular weight excluding hydrogens is 511 g/mol. The Labute approximate surface area is 220 Å². The van der Waals surface area contributed by atoms with Crippen LogP contribution in [0.5, 0.6) is 0 Å². The number of hydrogen-bond acceptors (Lipinski definition) is 9. The average Bonchev–Trinajstić information content (AvgIpc) is 3.63. The minimum absolute atomic E-state index is 0.0140. The summed E-state index contributed by atoms with van der Waals surface area (Å²) in [6.45, 7) is 2.35. The predicted octanol–water partition coefficient (Wildman–Crippen LogP) is 3.75. The van der Waals surface area contributed by atoms with Crippen molar-refractivity contribution in [2.75, 3.05) is 30.8 Å². The van der Waals surface area contributed by atoms with Crippen molar-refractivity contribution < 1.29 is 32.5 Å². The molecule has 2 aliphatic rings. The number of aryl methyl sites for hydroxylation is 1. The number of oxazole rings is 1. The molecule has 0 spiro atoms. The third-order valence-corrected chi connectivity index (χ3v) is 6.62. The third-order valence-electron chi connectivity index (χ3n) is 6.62. The second-order valence-corrected chi connectivity index (χ2v) is 9.26. The molecule has 0 atom stereocenters. The van der Waals surface area contributed by atoms with Gasteiger partial charge in [0.2, 0.25) is 29.3 Å². The maximum atomic E-state index is 14.8. The summed E-state index contributed by atoms with van der Waals surface area (Å²) in [7, 11) is 1.30. The first-order valence-corrected chi connectivity index (χ1v) is 12.0. The van der Waals surface area contributed by atoms with Gasteiger partial charge in [0.05, 0.1) is 31.2 Å². The van der Waals surface area contributed by atoms with Gasteiger partial charge in [-0.3, -0.25) is 9.59 Å². The van der Waals surface area contributed by atoms with Crippen LogP contribution in [0.1, 0.15) is 33.5 Å². The molecule has 2 aliphatic heterocycles. The molecular formula is C26H21FN6O6. The van der Waals surface area contributed by atoms with Crippen LogP contribution < -0.4 is 10.6 Å². The second kappa shape index (κ2) is 9.35. The smallest absolute Gasteiger partial charge is 0.409 e. The SMILES string of the molecule is COC(=O)N1CC(c2nc(-c3cc(NC(=O)c4cnc(-c5ccc6c(c5)NC(=O)C6)o4)c(C)cc3F)no2)C1. The number of likely N-dealkylation sites (tertiary alicyclic amines) is 1. The van der Waals surface area contributed by atoms with Gasteiger partial charge < -0.3 is 29.2 Å². The zero-order valence-electron chi connectivity index (χ0n) is 20.8. The summed E-state index contributed by atoms with van der Waals surface area (Å²) in [4.78, 5) is 46.1. The number of benzene rings is 2. The quantitative estimate of drug-likeness (QED) is 0.391. The number of anilines is 2. The first-order chi connectivity index (χ1) is 18.8. The normalized spacial score (nSPS) is 14.5. The average molecular weight is 532 g/mol. The highest BCUT2D eigenvalue weighted by molar-refractivity contribution is 6.03. The van der Waals surface area contributed by atoms with Crippen molar-refractivity contribution in [1.29, 1.82) is 0 Å². The summed E-state index contributed by atoms with van der Waals surface area (Å²) in [6.07, 6.45) is 1.15. The number of amides is 3. The molecule has 2 N–H and O–H groups in total. The lowest BCUT2D eigenvalue weighted by molar-refractivity contribution is -0.115. The first kappa shape index (κ1) is 24.3. The van der Waals surface area contributed by atoms with E-state index < -0.39 is 17.8 Å². The highest BCUT2D eigenvalue weighted by Crippen LogP contribution is 2.32. The number of fused-ring (bicyclic) bond motifs is 1. The largest absolute Gasteiger partial charge is 0.453 e. The van der Waals surface area contributed by atoms with Crippen molar-refractivity contribution in [3.8, 4) is 22.8 Å². The number of aromatic nitrogens is 3. The third kappa shape index (κ3) is 4.47. The number of ether oxygens (including phenoxy) is 1. The number of halogens is 1. The molecule has 0 radical (unpaired) electrons. The van der Waals surface area contributed by atoms with Crippen LogP contribution >= 0.6 is 0 Å². The molecule has 3 amide bonds. The van der Waals surface area contributed by atoms with Gasteiger partial charge in [-0.05, 0) is 42.3 Å². The van der Waals surface area contributed by atoms with Crippen LogP contribution in [0.4, 0.5) is 20.6 Å². The Morgan fingerprint density at radius 3 is 2.85 bits per heavy atom. The van der Waals surface area contributed by atoms with Crippen LogP contribution in [0.15, 0.2) is 45.5 Å². The molecule has 13 heteroatoms. The molecule has 6 rings (SSSR count). The molecule has 0 aliphatic carbocycles.